The normalized spacial score (nSPS) is 28.1. The molecular formula is C13H19ClN4. The van der Waals surface area contributed by atoms with Crippen LogP contribution in [0.4, 0.5) is 5.82 Å². The van der Waals surface area contributed by atoms with E-state index in [-0.39, 0.29) is 0 Å². The van der Waals surface area contributed by atoms with Crippen LogP contribution in [0.1, 0.15) is 31.4 Å². The number of nitrogens with one attached hydrogen (secondary N) is 1. The van der Waals surface area contributed by atoms with Crippen LogP contribution in [0.2, 0.25) is 5.28 Å². The number of rotatable bonds is 2. The van der Waals surface area contributed by atoms with Gasteiger partial charge in [0.15, 0.2) is 0 Å². The van der Waals surface area contributed by atoms with Crippen LogP contribution in [0.25, 0.3) is 0 Å². The number of anilines is 1. The lowest BCUT2D eigenvalue weighted by molar-refractivity contribution is 0.188. The van der Waals surface area contributed by atoms with E-state index in [2.05, 4.69) is 20.2 Å². The maximum atomic E-state index is 5.89. The van der Waals surface area contributed by atoms with Gasteiger partial charge >= 0.3 is 0 Å². The summed E-state index contributed by atoms with van der Waals surface area (Å²) in [4.78, 5) is 11.0. The SMILES string of the molecule is Cc1cc(NC2CCN3CCCC3C2)nc(Cl)n1. The number of fused-ring (bicyclic) bond motifs is 1. The van der Waals surface area contributed by atoms with Crippen LogP contribution < -0.4 is 5.32 Å². The molecule has 0 amide bonds. The average Bonchev–Trinajstić information content (AvgIpc) is 2.74. The molecule has 3 heterocycles. The van der Waals surface area contributed by atoms with E-state index in [1.165, 1.54) is 38.8 Å². The largest absolute Gasteiger partial charge is 0.367 e. The van der Waals surface area contributed by atoms with Gasteiger partial charge in [-0.15, -0.1) is 0 Å². The van der Waals surface area contributed by atoms with Crippen molar-refractivity contribution in [2.75, 3.05) is 18.4 Å². The van der Waals surface area contributed by atoms with Crippen molar-refractivity contribution in [1.29, 1.82) is 0 Å². The lowest BCUT2D eigenvalue weighted by Gasteiger charge is -2.35. The molecule has 2 saturated heterocycles. The average molecular weight is 267 g/mol. The molecule has 2 unspecified atom stereocenters. The Kier molecular flexibility index (Phi) is 3.39. The predicted molar refractivity (Wildman–Crippen MR) is 73.0 cm³/mol. The van der Waals surface area contributed by atoms with Crippen molar-refractivity contribution >= 4 is 17.4 Å². The summed E-state index contributed by atoms with van der Waals surface area (Å²) in [6.07, 6.45) is 5.12. The van der Waals surface area contributed by atoms with Crippen molar-refractivity contribution in [3.05, 3.63) is 17.0 Å². The fourth-order valence-electron chi connectivity index (χ4n) is 3.17. The first kappa shape index (κ1) is 12.2. The molecule has 3 rings (SSSR count). The summed E-state index contributed by atoms with van der Waals surface area (Å²) in [5, 5.41) is 3.84. The Morgan fingerprint density at radius 1 is 1.33 bits per heavy atom. The van der Waals surface area contributed by atoms with Crippen molar-refractivity contribution in [1.82, 2.24) is 14.9 Å². The highest BCUT2D eigenvalue weighted by atomic mass is 35.5. The van der Waals surface area contributed by atoms with Gasteiger partial charge in [-0.1, -0.05) is 0 Å². The first-order chi connectivity index (χ1) is 8.70. The van der Waals surface area contributed by atoms with Gasteiger partial charge in [-0.3, -0.25) is 0 Å². The summed E-state index contributed by atoms with van der Waals surface area (Å²) < 4.78 is 0. The first-order valence-corrected chi connectivity index (χ1v) is 7.10. The van der Waals surface area contributed by atoms with Crippen LogP contribution in [0.15, 0.2) is 6.07 Å². The van der Waals surface area contributed by atoms with Crippen molar-refractivity contribution in [2.24, 2.45) is 0 Å². The number of halogens is 1. The smallest absolute Gasteiger partial charge is 0.224 e. The molecule has 2 atom stereocenters. The number of aromatic nitrogens is 2. The summed E-state index contributed by atoms with van der Waals surface area (Å²) >= 11 is 5.89. The summed E-state index contributed by atoms with van der Waals surface area (Å²) in [5.74, 6) is 0.865. The lowest BCUT2D eigenvalue weighted by atomic mass is 9.97. The Labute approximate surface area is 113 Å². The second kappa shape index (κ2) is 5.02. The Morgan fingerprint density at radius 2 is 2.22 bits per heavy atom. The zero-order valence-corrected chi connectivity index (χ0v) is 11.5. The Hall–Kier alpha value is -0.870. The zero-order chi connectivity index (χ0) is 12.5. The third kappa shape index (κ3) is 2.59. The highest BCUT2D eigenvalue weighted by Crippen LogP contribution is 2.28. The van der Waals surface area contributed by atoms with E-state index in [4.69, 9.17) is 11.6 Å². The van der Waals surface area contributed by atoms with Gasteiger partial charge in [0.05, 0.1) is 0 Å². The first-order valence-electron chi connectivity index (χ1n) is 6.72. The van der Waals surface area contributed by atoms with Gasteiger partial charge in [0.1, 0.15) is 5.82 Å². The number of nitrogens with zero attached hydrogens (tertiary/aromatic N) is 3. The van der Waals surface area contributed by atoms with Crippen LogP contribution in [0.5, 0.6) is 0 Å². The van der Waals surface area contributed by atoms with E-state index < -0.39 is 0 Å². The van der Waals surface area contributed by atoms with Crippen LogP contribution >= 0.6 is 11.6 Å². The molecule has 0 aliphatic carbocycles. The topological polar surface area (TPSA) is 41.0 Å². The maximum absolute atomic E-state index is 5.89. The van der Waals surface area contributed by atoms with Gasteiger partial charge in [0.2, 0.25) is 5.28 Å². The number of hydrogen-bond donors (Lipinski definition) is 1. The zero-order valence-electron chi connectivity index (χ0n) is 10.7. The second-order valence-electron chi connectivity index (χ2n) is 5.36. The van der Waals surface area contributed by atoms with Gasteiger partial charge in [-0.05, 0) is 50.8 Å². The molecule has 2 fully saturated rings. The minimum atomic E-state index is 0.329. The van der Waals surface area contributed by atoms with Gasteiger partial charge in [0.25, 0.3) is 0 Å². The van der Waals surface area contributed by atoms with Crippen molar-refractivity contribution in [3.8, 4) is 0 Å². The Balaban J connectivity index is 1.65. The quantitative estimate of drug-likeness (QED) is 0.835. The van der Waals surface area contributed by atoms with Crippen molar-refractivity contribution < 1.29 is 0 Å². The van der Waals surface area contributed by atoms with E-state index >= 15 is 0 Å². The molecule has 4 nitrogen and oxygen atoms in total. The van der Waals surface area contributed by atoms with Gasteiger partial charge in [0, 0.05) is 30.4 Å². The summed E-state index contributed by atoms with van der Waals surface area (Å²) in [6, 6.07) is 3.26. The van der Waals surface area contributed by atoms with Crippen LogP contribution in [-0.2, 0) is 0 Å². The Morgan fingerprint density at radius 3 is 3.06 bits per heavy atom. The minimum absolute atomic E-state index is 0.329. The Bertz CT molecular complexity index is 417. The number of piperidine rings is 1. The standard InChI is InChI=1S/C13H19ClN4/c1-9-7-12(17-13(14)15-9)16-10-4-6-18-5-2-3-11(18)8-10/h7,10-11H,2-6,8H2,1H3,(H,15,16,17). The molecule has 1 N–H and O–H groups in total. The van der Waals surface area contributed by atoms with E-state index in [9.17, 15) is 0 Å². The molecule has 18 heavy (non-hydrogen) atoms. The van der Waals surface area contributed by atoms with Crippen molar-refractivity contribution in [2.45, 2.75) is 44.7 Å². The van der Waals surface area contributed by atoms with E-state index in [0.29, 0.717) is 11.3 Å². The summed E-state index contributed by atoms with van der Waals surface area (Å²) in [5.41, 5.74) is 0.913. The molecule has 2 aliphatic rings. The van der Waals surface area contributed by atoms with Crippen LogP contribution in [0, 0.1) is 6.92 Å². The highest BCUT2D eigenvalue weighted by molar-refractivity contribution is 6.28. The molecule has 0 bridgehead atoms. The third-order valence-electron chi connectivity index (χ3n) is 4.00. The highest BCUT2D eigenvalue weighted by Gasteiger charge is 2.31. The minimum Gasteiger partial charge on any atom is -0.367 e. The molecule has 0 aromatic carbocycles. The fraction of sp³-hybridized carbons (Fsp3) is 0.692. The predicted octanol–water partition coefficient (Wildman–Crippen LogP) is 2.48. The molecule has 0 saturated carbocycles. The molecule has 5 heteroatoms. The molecule has 0 radical (unpaired) electrons. The molecule has 98 valence electrons. The van der Waals surface area contributed by atoms with E-state index in [1.807, 2.05) is 13.0 Å². The van der Waals surface area contributed by atoms with Crippen LogP contribution in [0.3, 0.4) is 0 Å². The van der Waals surface area contributed by atoms with Crippen LogP contribution in [-0.4, -0.2) is 40.0 Å². The number of aryl methyl sites for hydroxylation is 1. The third-order valence-corrected chi connectivity index (χ3v) is 4.17. The monoisotopic (exact) mass is 266 g/mol. The summed E-state index contributed by atoms with van der Waals surface area (Å²) in [7, 11) is 0. The fourth-order valence-corrected chi connectivity index (χ4v) is 3.40. The van der Waals surface area contributed by atoms with Gasteiger partial charge in [-0.25, -0.2) is 9.97 Å². The molecule has 2 aliphatic heterocycles. The number of hydrogen-bond acceptors (Lipinski definition) is 4. The van der Waals surface area contributed by atoms with Gasteiger partial charge < -0.3 is 10.2 Å². The molecule has 1 aromatic heterocycles. The molecular weight excluding hydrogens is 248 g/mol. The lowest BCUT2D eigenvalue weighted by Crippen LogP contribution is -2.42. The summed E-state index contributed by atoms with van der Waals surface area (Å²) in [6.45, 7) is 4.44. The van der Waals surface area contributed by atoms with E-state index in [0.717, 1.165) is 17.6 Å². The second-order valence-corrected chi connectivity index (χ2v) is 5.70. The van der Waals surface area contributed by atoms with E-state index in [1.54, 1.807) is 0 Å². The molecule has 0 spiro atoms. The maximum Gasteiger partial charge on any atom is 0.224 e. The van der Waals surface area contributed by atoms with Gasteiger partial charge in [-0.2, -0.15) is 0 Å². The molecule has 1 aromatic rings. The van der Waals surface area contributed by atoms with Crippen molar-refractivity contribution in [3.63, 3.8) is 0 Å².